The highest BCUT2D eigenvalue weighted by Crippen LogP contribution is 2.37. The van der Waals surface area contributed by atoms with E-state index in [2.05, 4.69) is 0 Å². The average Bonchev–Trinajstić information content (AvgIpc) is 2.98. The van der Waals surface area contributed by atoms with E-state index in [4.69, 9.17) is 47.4 Å². The van der Waals surface area contributed by atoms with Gasteiger partial charge in [-0.25, -0.2) is 16.8 Å². The predicted molar refractivity (Wildman–Crippen MR) is 189 cm³/mol. The van der Waals surface area contributed by atoms with Crippen molar-refractivity contribution in [3.8, 4) is 0 Å². The third-order valence-corrected chi connectivity index (χ3v) is 11.5. The standard InChI is InChI=1S/2C15H22O11S2/c2*1-7(16)22-6-11-12(23-8(2)17)13(24-9(3)18)14(25-10(4)19)15(26-11)27-28(5,20)21/h2*11-15H,6H2,1-5H3/t2*11-,12+,13+,14-,15+/m11/s1. The van der Waals surface area contributed by atoms with Crippen LogP contribution in [0, 0.1) is 0 Å². The molecule has 2 aliphatic rings. The first kappa shape index (κ1) is 50.3. The molecule has 2 heterocycles. The summed E-state index contributed by atoms with van der Waals surface area (Å²) in [6, 6.07) is 0. The van der Waals surface area contributed by atoms with Crippen LogP contribution in [0.5, 0.6) is 0 Å². The van der Waals surface area contributed by atoms with Crippen molar-refractivity contribution in [1.82, 2.24) is 0 Å². The van der Waals surface area contributed by atoms with E-state index in [-0.39, 0.29) is 0 Å². The third-order valence-electron chi connectivity index (χ3n) is 6.44. The monoisotopic (exact) mass is 884 g/mol. The van der Waals surface area contributed by atoms with Crippen LogP contribution in [0.2, 0.25) is 0 Å². The van der Waals surface area contributed by atoms with E-state index in [1.807, 2.05) is 0 Å². The zero-order chi connectivity index (χ0) is 43.3. The maximum atomic E-state index is 11.8. The van der Waals surface area contributed by atoms with Crippen LogP contribution in [0.4, 0.5) is 0 Å². The Hall–Kier alpha value is -3.72. The van der Waals surface area contributed by atoms with Gasteiger partial charge in [0, 0.05) is 89.5 Å². The molecule has 0 amide bonds. The van der Waals surface area contributed by atoms with E-state index in [0.717, 1.165) is 67.9 Å². The Bertz CT molecular complexity index is 1560. The Labute approximate surface area is 329 Å². The molecule has 0 unspecified atom stereocenters. The van der Waals surface area contributed by atoms with E-state index >= 15 is 0 Å². The lowest BCUT2D eigenvalue weighted by Crippen LogP contribution is -2.61. The van der Waals surface area contributed by atoms with Crippen molar-refractivity contribution < 1.29 is 103 Å². The Morgan fingerprint density at radius 1 is 0.411 bits per heavy atom. The highest BCUT2D eigenvalue weighted by atomic mass is 33.1. The maximum Gasteiger partial charge on any atom is 0.303 e. The molecule has 10 atom stereocenters. The van der Waals surface area contributed by atoms with Crippen LogP contribution in [-0.2, 0) is 103 Å². The first-order chi connectivity index (χ1) is 25.6. The van der Waals surface area contributed by atoms with Crippen LogP contribution in [0.1, 0.15) is 55.4 Å². The molecular formula is C30H44O22S4. The fourth-order valence-electron chi connectivity index (χ4n) is 4.88. The minimum Gasteiger partial charge on any atom is -0.463 e. The molecule has 0 aliphatic carbocycles. The SMILES string of the molecule is CC(=O)OC[C@H]1O[C@@H](SS(C)(=O)=O)[C@H](OC(C)=O)[C@@H](OC(C)=O)[C@H]1OC(C)=O.CC(=O)OC[C@H]1O[C@@H](SS(C)(=O)=O)[C@H](OC(C)=O)[C@@H](OC(C)=O)[C@H]1OC(C)=O. The molecule has 0 bridgehead atoms. The van der Waals surface area contributed by atoms with E-state index < -0.39 is 138 Å². The lowest BCUT2D eigenvalue weighted by Gasteiger charge is -2.43. The van der Waals surface area contributed by atoms with Gasteiger partial charge in [0.05, 0.1) is 0 Å². The second-order valence-corrected chi connectivity index (χ2v) is 20.7. The summed E-state index contributed by atoms with van der Waals surface area (Å²) in [5, 5.41) is 0. The summed E-state index contributed by atoms with van der Waals surface area (Å²) in [6.45, 7) is 7.90. The van der Waals surface area contributed by atoms with E-state index in [1.165, 1.54) is 0 Å². The fourth-order valence-corrected chi connectivity index (χ4v) is 9.58. The topological polar surface area (TPSA) is 297 Å². The molecule has 0 radical (unpaired) electrons. The van der Waals surface area contributed by atoms with Crippen molar-refractivity contribution in [2.75, 3.05) is 25.7 Å². The van der Waals surface area contributed by atoms with Crippen LogP contribution < -0.4 is 0 Å². The summed E-state index contributed by atoms with van der Waals surface area (Å²) in [4.78, 5) is 91.6. The van der Waals surface area contributed by atoms with Crippen molar-refractivity contribution in [2.24, 2.45) is 0 Å². The first-order valence-electron chi connectivity index (χ1n) is 16.0. The first-order valence-corrected chi connectivity index (χ1v) is 22.5. The Balaban J connectivity index is 0.000000560. The van der Waals surface area contributed by atoms with Crippen LogP contribution in [0.25, 0.3) is 0 Å². The van der Waals surface area contributed by atoms with Crippen molar-refractivity contribution in [1.29, 1.82) is 0 Å². The highest BCUT2D eigenvalue weighted by molar-refractivity contribution is 8.72. The molecule has 2 rings (SSSR count). The van der Waals surface area contributed by atoms with E-state index in [9.17, 15) is 55.2 Å². The Kier molecular flexibility index (Phi) is 20.0. The molecule has 26 heteroatoms. The minimum absolute atomic E-state index is 0.318. The van der Waals surface area contributed by atoms with Gasteiger partial charge in [-0.2, -0.15) is 0 Å². The molecule has 0 saturated carbocycles. The molecule has 0 aromatic rings. The Morgan fingerprint density at radius 3 is 0.857 bits per heavy atom. The summed E-state index contributed by atoms with van der Waals surface area (Å²) in [7, 11) is -6.75. The normalized spacial score (nSPS) is 27.4. The molecule has 56 heavy (non-hydrogen) atoms. The quantitative estimate of drug-likeness (QED) is 0.121. The van der Waals surface area contributed by atoms with Crippen molar-refractivity contribution in [3.63, 3.8) is 0 Å². The van der Waals surface area contributed by atoms with Crippen LogP contribution in [0.3, 0.4) is 0 Å². The molecule has 0 N–H and O–H groups in total. The van der Waals surface area contributed by atoms with Gasteiger partial charge in [0.1, 0.15) is 25.4 Å². The summed E-state index contributed by atoms with van der Waals surface area (Å²) in [5.41, 5.74) is -2.67. The number of hydrogen-bond acceptors (Lipinski definition) is 24. The molecular weight excluding hydrogens is 841 g/mol. The maximum absolute atomic E-state index is 11.8. The number of carbonyl (C=O) groups is 8. The number of carbonyl (C=O) groups excluding carboxylic acids is 8. The zero-order valence-corrected chi connectivity index (χ0v) is 35.1. The fraction of sp³-hybridized carbons (Fsp3) is 0.733. The average molecular weight is 885 g/mol. The van der Waals surface area contributed by atoms with Crippen LogP contribution in [-0.4, -0.2) is 150 Å². The summed E-state index contributed by atoms with van der Waals surface area (Å²) in [6.07, 6.45) is -8.76. The molecule has 2 fully saturated rings. The summed E-state index contributed by atoms with van der Waals surface area (Å²) in [5.74, 6) is -6.06. The van der Waals surface area contributed by atoms with Crippen molar-refractivity contribution >= 4 is 87.1 Å². The van der Waals surface area contributed by atoms with Gasteiger partial charge in [0.25, 0.3) is 0 Å². The van der Waals surface area contributed by atoms with Gasteiger partial charge in [-0.05, 0) is 0 Å². The second kappa shape index (κ2) is 22.3. The number of ether oxygens (including phenoxy) is 10. The van der Waals surface area contributed by atoms with Gasteiger partial charge in [0.15, 0.2) is 47.5 Å². The summed E-state index contributed by atoms with van der Waals surface area (Å²) >= 11 is 0. The largest absolute Gasteiger partial charge is 0.463 e. The predicted octanol–water partition coefficient (Wildman–Crippen LogP) is -0.475. The zero-order valence-electron chi connectivity index (χ0n) is 31.8. The number of esters is 8. The van der Waals surface area contributed by atoms with Gasteiger partial charge in [0.2, 0.25) is 17.7 Å². The lowest BCUT2D eigenvalue weighted by molar-refractivity contribution is -0.237. The molecule has 0 aromatic carbocycles. The van der Waals surface area contributed by atoms with Crippen LogP contribution >= 0.6 is 21.6 Å². The van der Waals surface area contributed by atoms with Gasteiger partial charge < -0.3 is 47.4 Å². The molecule has 320 valence electrons. The van der Waals surface area contributed by atoms with E-state index in [1.54, 1.807) is 0 Å². The molecule has 2 aliphatic heterocycles. The van der Waals surface area contributed by atoms with Gasteiger partial charge in [-0.1, -0.05) is 0 Å². The minimum atomic E-state index is -3.70. The number of rotatable bonds is 14. The van der Waals surface area contributed by atoms with Gasteiger partial charge in [-0.15, -0.1) is 0 Å². The summed E-state index contributed by atoms with van der Waals surface area (Å²) < 4.78 is 98.9. The third kappa shape index (κ3) is 18.9. The van der Waals surface area contributed by atoms with Gasteiger partial charge in [-0.3, -0.25) is 38.4 Å². The molecule has 22 nitrogen and oxygen atoms in total. The highest BCUT2D eigenvalue weighted by Gasteiger charge is 2.54. The second-order valence-electron chi connectivity index (χ2n) is 11.7. The molecule has 0 spiro atoms. The number of hydrogen-bond donors (Lipinski definition) is 0. The smallest absolute Gasteiger partial charge is 0.303 e. The van der Waals surface area contributed by atoms with Crippen molar-refractivity contribution in [3.05, 3.63) is 0 Å². The van der Waals surface area contributed by atoms with E-state index in [0.29, 0.717) is 21.6 Å². The lowest BCUT2D eigenvalue weighted by atomic mass is 9.99. The molecule has 0 aromatic heterocycles. The van der Waals surface area contributed by atoms with Crippen molar-refractivity contribution in [2.45, 2.75) is 115 Å². The Morgan fingerprint density at radius 2 is 0.643 bits per heavy atom. The van der Waals surface area contributed by atoms with Gasteiger partial charge >= 0.3 is 47.8 Å². The molecule has 2 saturated heterocycles. The van der Waals surface area contributed by atoms with Crippen LogP contribution in [0.15, 0.2) is 0 Å².